The maximum atomic E-state index is 13.3. The maximum Gasteiger partial charge on any atom is 0.210 e. The standard InChI is InChI=1S/C19H16N4O3S/c1-13-3-8-17-16(9-13)19(23-12-20-11-22-23)18(10-21-17)27(24,25)15-6-4-14(26-2)5-7-15/h3-12H,1-2H3. The lowest BCUT2D eigenvalue weighted by atomic mass is 10.1. The minimum atomic E-state index is -3.83. The lowest BCUT2D eigenvalue weighted by Crippen LogP contribution is -2.10. The molecule has 0 fully saturated rings. The Morgan fingerprint density at radius 3 is 2.52 bits per heavy atom. The number of fused-ring (bicyclic) bond motifs is 1. The lowest BCUT2D eigenvalue weighted by Gasteiger charge is -2.13. The highest BCUT2D eigenvalue weighted by Crippen LogP contribution is 2.32. The zero-order valence-corrected chi connectivity index (χ0v) is 15.5. The van der Waals surface area contributed by atoms with Crippen LogP contribution in [0.5, 0.6) is 5.75 Å². The van der Waals surface area contributed by atoms with E-state index >= 15 is 0 Å². The molecule has 0 N–H and O–H groups in total. The van der Waals surface area contributed by atoms with Gasteiger partial charge in [0.25, 0.3) is 0 Å². The Hall–Kier alpha value is -3.26. The first kappa shape index (κ1) is 17.2. The van der Waals surface area contributed by atoms with Gasteiger partial charge in [0, 0.05) is 11.6 Å². The third kappa shape index (κ3) is 2.93. The van der Waals surface area contributed by atoms with Crippen LogP contribution in [-0.4, -0.2) is 35.3 Å². The number of pyridine rings is 1. The van der Waals surface area contributed by atoms with Crippen LogP contribution in [0.15, 0.2) is 71.1 Å². The molecule has 0 unspecified atom stereocenters. The highest BCUT2D eigenvalue weighted by atomic mass is 32.2. The van der Waals surface area contributed by atoms with Gasteiger partial charge < -0.3 is 4.74 Å². The molecule has 8 heteroatoms. The van der Waals surface area contributed by atoms with Crippen molar-refractivity contribution in [1.82, 2.24) is 19.7 Å². The average molecular weight is 380 g/mol. The summed E-state index contributed by atoms with van der Waals surface area (Å²) in [4.78, 5) is 8.54. The number of aromatic nitrogens is 4. The number of ether oxygens (including phenoxy) is 1. The number of nitrogens with zero attached hydrogens (tertiary/aromatic N) is 4. The number of aryl methyl sites for hydroxylation is 1. The molecule has 0 aliphatic heterocycles. The Kier molecular flexibility index (Phi) is 4.12. The lowest BCUT2D eigenvalue weighted by molar-refractivity contribution is 0.414. The molecule has 7 nitrogen and oxygen atoms in total. The second-order valence-corrected chi connectivity index (χ2v) is 7.93. The number of rotatable bonds is 4. The van der Waals surface area contributed by atoms with Gasteiger partial charge in [-0.15, -0.1) is 0 Å². The van der Waals surface area contributed by atoms with Gasteiger partial charge in [0.2, 0.25) is 9.84 Å². The van der Waals surface area contributed by atoms with Gasteiger partial charge in [-0.05, 0) is 43.3 Å². The molecule has 136 valence electrons. The first-order valence-electron chi connectivity index (χ1n) is 8.14. The highest BCUT2D eigenvalue weighted by molar-refractivity contribution is 7.91. The fourth-order valence-corrected chi connectivity index (χ4v) is 4.31. The number of sulfone groups is 1. The second-order valence-electron chi connectivity index (χ2n) is 6.01. The van der Waals surface area contributed by atoms with Crippen LogP contribution >= 0.6 is 0 Å². The summed E-state index contributed by atoms with van der Waals surface area (Å²) in [6.07, 6.45) is 4.21. The summed E-state index contributed by atoms with van der Waals surface area (Å²) < 4.78 is 33.2. The molecule has 0 bridgehead atoms. The van der Waals surface area contributed by atoms with Gasteiger partial charge in [0.05, 0.1) is 23.2 Å². The second kappa shape index (κ2) is 6.48. The van der Waals surface area contributed by atoms with E-state index in [2.05, 4.69) is 15.1 Å². The average Bonchev–Trinajstić information content (AvgIpc) is 3.21. The largest absolute Gasteiger partial charge is 0.497 e. The Bertz CT molecular complexity index is 1220. The van der Waals surface area contributed by atoms with Crippen molar-refractivity contribution < 1.29 is 13.2 Å². The van der Waals surface area contributed by atoms with Gasteiger partial charge in [-0.3, -0.25) is 4.98 Å². The van der Waals surface area contributed by atoms with Gasteiger partial charge in [-0.2, -0.15) is 5.10 Å². The first-order chi connectivity index (χ1) is 13.0. The van der Waals surface area contributed by atoms with Crippen LogP contribution in [-0.2, 0) is 9.84 Å². The third-order valence-corrected chi connectivity index (χ3v) is 6.04. The molecular formula is C19H16N4O3S. The van der Waals surface area contributed by atoms with Crippen molar-refractivity contribution in [2.24, 2.45) is 0 Å². The van der Waals surface area contributed by atoms with Crippen LogP contribution in [0.4, 0.5) is 0 Å². The molecule has 2 aromatic carbocycles. The zero-order chi connectivity index (χ0) is 19.0. The van der Waals surface area contributed by atoms with Gasteiger partial charge in [-0.25, -0.2) is 18.1 Å². The first-order valence-corrected chi connectivity index (χ1v) is 9.62. The maximum absolute atomic E-state index is 13.3. The van der Waals surface area contributed by atoms with Crippen LogP contribution in [0.2, 0.25) is 0 Å². The minimum Gasteiger partial charge on any atom is -0.497 e. The number of benzene rings is 2. The van der Waals surface area contributed by atoms with Crippen molar-refractivity contribution in [1.29, 1.82) is 0 Å². The van der Waals surface area contributed by atoms with Crippen LogP contribution in [0.1, 0.15) is 5.56 Å². The predicted octanol–water partition coefficient (Wildman–Crippen LogP) is 2.97. The molecule has 27 heavy (non-hydrogen) atoms. The third-order valence-electron chi connectivity index (χ3n) is 4.27. The fourth-order valence-electron chi connectivity index (χ4n) is 2.91. The Morgan fingerprint density at radius 2 is 1.85 bits per heavy atom. The molecule has 0 atom stereocenters. The van der Waals surface area contributed by atoms with Gasteiger partial charge in [0.15, 0.2) is 0 Å². The molecular weight excluding hydrogens is 364 g/mol. The number of hydrogen-bond acceptors (Lipinski definition) is 6. The van der Waals surface area contributed by atoms with E-state index in [4.69, 9.17) is 4.74 Å². The van der Waals surface area contributed by atoms with E-state index in [1.54, 1.807) is 12.1 Å². The summed E-state index contributed by atoms with van der Waals surface area (Å²) in [5.74, 6) is 0.581. The van der Waals surface area contributed by atoms with Crippen LogP contribution in [0, 0.1) is 6.92 Å². The van der Waals surface area contributed by atoms with Crippen molar-refractivity contribution in [3.05, 3.63) is 66.9 Å². The molecule has 0 aliphatic rings. The van der Waals surface area contributed by atoms with Gasteiger partial charge >= 0.3 is 0 Å². The molecule has 2 heterocycles. The molecule has 0 saturated heterocycles. The Labute approximate surface area is 156 Å². The molecule has 0 spiro atoms. The zero-order valence-electron chi connectivity index (χ0n) is 14.7. The Morgan fingerprint density at radius 1 is 1.07 bits per heavy atom. The van der Waals surface area contributed by atoms with Crippen LogP contribution in [0.25, 0.3) is 16.6 Å². The van der Waals surface area contributed by atoms with Gasteiger partial charge in [-0.1, -0.05) is 11.6 Å². The summed E-state index contributed by atoms with van der Waals surface area (Å²) in [7, 11) is -2.30. The fraction of sp³-hybridized carbons (Fsp3) is 0.105. The topological polar surface area (TPSA) is 87.0 Å². The van der Waals surface area contributed by atoms with Crippen molar-refractivity contribution in [3.8, 4) is 11.4 Å². The number of hydrogen-bond donors (Lipinski definition) is 0. The SMILES string of the molecule is COc1ccc(S(=O)(=O)c2cnc3ccc(C)cc3c2-n2cncn2)cc1. The summed E-state index contributed by atoms with van der Waals surface area (Å²) in [5.41, 5.74) is 2.10. The van der Waals surface area contributed by atoms with Crippen LogP contribution in [0.3, 0.4) is 0 Å². The molecule has 4 rings (SSSR count). The quantitative estimate of drug-likeness (QED) is 0.541. The van der Waals surface area contributed by atoms with Crippen molar-refractivity contribution in [3.63, 3.8) is 0 Å². The smallest absolute Gasteiger partial charge is 0.210 e. The van der Waals surface area contributed by atoms with Crippen molar-refractivity contribution >= 4 is 20.7 Å². The van der Waals surface area contributed by atoms with E-state index in [1.165, 1.54) is 42.8 Å². The molecule has 2 aromatic heterocycles. The molecule has 0 radical (unpaired) electrons. The summed E-state index contributed by atoms with van der Waals surface area (Å²) in [6, 6.07) is 11.9. The summed E-state index contributed by atoms with van der Waals surface area (Å²) in [6.45, 7) is 1.94. The molecule has 0 aliphatic carbocycles. The van der Waals surface area contributed by atoms with E-state index in [0.717, 1.165) is 5.56 Å². The van der Waals surface area contributed by atoms with E-state index in [0.29, 0.717) is 22.3 Å². The molecule has 4 aromatic rings. The van der Waals surface area contributed by atoms with E-state index in [9.17, 15) is 8.42 Å². The predicted molar refractivity (Wildman–Crippen MR) is 99.8 cm³/mol. The highest BCUT2D eigenvalue weighted by Gasteiger charge is 2.25. The Balaban J connectivity index is 2.02. The minimum absolute atomic E-state index is 0.0660. The van der Waals surface area contributed by atoms with Crippen LogP contribution < -0.4 is 4.74 Å². The summed E-state index contributed by atoms with van der Waals surface area (Å²) in [5, 5.41) is 4.84. The normalized spacial score (nSPS) is 11.6. The van der Waals surface area contributed by atoms with E-state index < -0.39 is 9.84 Å². The monoisotopic (exact) mass is 380 g/mol. The van der Waals surface area contributed by atoms with Gasteiger partial charge in [0.1, 0.15) is 23.3 Å². The number of methoxy groups -OCH3 is 1. The van der Waals surface area contributed by atoms with Crippen molar-refractivity contribution in [2.45, 2.75) is 16.7 Å². The molecule has 0 amide bonds. The van der Waals surface area contributed by atoms with E-state index in [1.807, 2.05) is 25.1 Å². The van der Waals surface area contributed by atoms with Crippen molar-refractivity contribution in [2.75, 3.05) is 7.11 Å². The molecule has 0 saturated carbocycles. The van der Waals surface area contributed by atoms with E-state index in [-0.39, 0.29) is 9.79 Å². The summed E-state index contributed by atoms with van der Waals surface area (Å²) >= 11 is 0.